The van der Waals surface area contributed by atoms with E-state index in [0.717, 1.165) is 10.9 Å². The smallest absolute Gasteiger partial charge is 0.255 e. The van der Waals surface area contributed by atoms with Crippen LogP contribution in [0.15, 0.2) is 53.3 Å². The number of fused-ring (bicyclic) bond motifs is 1. The second-order valence-corrected chi connectivity index (χ2v) is 5.42. The topological polar surface area (TPSA) is 22.0 Å². The minimum absolute atomic E-state index is 0.177. The molecule has 0 aliphatic heterocycles. The van der Waals surface area contributed by atoms with Gasteiger partial charge in [-0.05, 0) is 29.7 Å². The number of pyridine rings is 1. The summed E-state index contributed by atoms with van der Waals surface area (Å²) < 4.78 is 1.53. The van der Waals surface area contributed by atoms with Crippen molar-refractivity contribution in [3.05, 3.63) is 74.0 Å². The molecule has 0 radical (unpaired) electrons. The summed E-state index contributed by atoms with van der Waals surface area (Å²) in [6.07, 6.45) is 0. The van der Waals surface area contributed by atoms with Crippen LogP contribution in [0.3, 0.4) is 0 Å². The highest BCUT2D eigenvalue weighted by molar-refractivity contribution is 6.48. The molecule has 0 N–H and O–H groups in total. The fourth-order valence-corrected chi connectivity index (χ4v) is 2.74. The van der Waals surface area contributed by atoms with E-state index in [1.165, 1.54) is 10.6 Å². The summed E-state index contributed by atoms with van der Waals surface area (Å²) in [5.74, 6) is 0. The molecule has 3 aromatic rings. The van der Waals surface area contributed by atoms with Gasteiger partial charge in [0.2, 0.25) is 0 Å². The van der Waals surface area contributed by atoms with Gasteiger partial charge in [-0.1, -0.05) is 53.0 Å². The molecule has 0 amide bonds. The highest BCUT2D eigenvalue weighted by Gasteiger charge is 2.13. The molecule has 0 atom stereocenters. The Morgan fingerprint density at radius 3 is 2.35 bits per heavy atom. The molecule has 20 heavy (non-hydrogen) atoms. The Morgan fingerprint density at radius 2 is 1.55 bits per heavy atom. The summed E-state index contributed by atoms with van der Waals surface area (Å²) in [6.45, 7) is 0. The first-order valence-electron chi connectivity index (χ1n) is 5.84. The quantitative estimate of drug-likeness (QED) is 0.580. The summed E-state index contributed by atoms with van der Waals surface area (Å²) >= 11 is 18.2. The number of hydrogen-bond donors (Lipinski definition) is 0. The third kappa shape index (κ3) is 2.10. The Hall–Kier alpha value is -1.48. The highest BCUT2D eigenvalue weighted by Crippen LogP contribution is 2.35. The summed E-state index contributed by atoms with van der Waals surface area (Å²) in [5, 5.41) is 1.80. The van der Waals surface area contributed by atoms with Crippen LogP contribution in [-0.4, -0.2) is 4.57 Å². The lowest BCUT2D eigenvalue weighted by atomic mass is 10.2. The number of benzene rings is 2. The van der Waals surface area contributed by atoms with E-state index in [-0.39, 0.29) is 15.6 Å². The van der Waals surface area contributed by atoms with Crippen molar-refractivity contribution in [2.75, 3.05) is 0 Å². The number of para-hydroxylation sites is 1. The van der Waals surface area contributed by atoms with Crippen molar-refractivity contribution in [3.63, 3.8) is 0 Å². The summed E-state index contributed by atoms with van der Waals surface area (Å²) in [4.78, 5) is 12.2. The van der Waals surface area contributed by atoms with Gasteiger partial charge in [0.1, 0.15) is 0 Å². The Labute approximate surface area is 130 Å². The molecule has 100 valence electrons. The van der Waals surface area contributed by atoms with Crippen LogP contribution in [-0.2, 0) is 0 Å². The molecular formula is C15H8Cl3NO. The number of halogens is 3. The van der Waals surface area contributed by atoms with Crippen LogP contribution in [0.2, 0.25) is 15.1 Å². The lowest BCUT2D eigenvalue weighted by molar-refractivity contribution is 1.04. The maximum atomic E-state index is 12.2. The van der Waals surface area contributed by atoms with E-state index in [2.05, 4.69) is 0 Å². The highest BCUT2D eigenvalue weighted by atomic mass is 35.5. The van der Waals surface area contributed by atoms with Gasteiger partial charge >= 0.3 is 0 Å². The van der Waals surface area contributed by atoms with Gasteiger partial charge in [-0.2, -0.15) is 0 Å². The molecule has 3 rings (SSSR count). The van der Waals surface area contributed by atoms with Crippen molar-refractivity contribution in [1.82, 2.24) is 4.57 Å². The second kappa shape index (κ2) is 5.13. The van der Waals surface area contributed by atoms with Crippen LogP contribution in [0.5, 0.6) is 0 Å². The molecular weight excluding hydrogens is 317 g/mol. The van der Waals surface area contributed by atoms with Gasteiger partial charge in [0, 0.05) is 6.07 Å². The van der Waals surface area contributed by atoms with Gasteiger partial charge in [0.25, 0.3) is 5.56 Å². The van der Waals surface area contributed by atoms with Gasteiger partial charge in [0.15, 0.2) is 0 Å². The van der Waals surface area contributed by atoms with Crippen molar-refractivity contribution in [1.29, 1.82) is 0 Å². The lowest BCUT2D eigenvalue weighted by Crippen LogP contribution is -2.17. The maximum absolute atomic E-state index is 12.2. The Kier molecular flexibility index (Phi) is 3.47. The van der Waals surface area contributed by atoms with E-state index < -0.39 is 0 Å². The number of aromatic nitrogens is 1. The zero-order valence-corrected chi connectivity index (χ0v) is 12.4. The molecule has 2 nitrogen and oxygen atoms in total. The molecule has 0 aliphatic carbocycles. The molecule has 0 saturated heterocycles. The molecule has 0 aliphatic rings. The van der Waals surface area contributed by atoms with Gasteiger partial charge in [-0.25, -0.2) is 0 Å². The summed E-state index contributed by atoms with van der Waals surface area (Å²) in [7, 11) is 0. The molecule has 0 unspecified atom stereocenters. The van der Waals surface area contributed by atoms with Crippen LogP contribution in [0, 0.1) is 0 Å². The largest absolute Gasteiger partial charge is 0.275 e. The molecule has 0 spiro atoms. The Morgan fingerprint density at radius 1 is 0.800 bits per heavy atom. The minimum atomic E-state index is -0.177. The van der Waals surface area contributed by atoms with Gasteiger partial charge in [-0.15, -0.1) is 0 Å². The van der Waals surface area contributed by atoms with E-state index in [1.807, 2.05) is 24.3 Å². The van der Waals surface area contributed by atoms with E-state index in [1.54, 1.807) is 18.2 Å². The van der Waals surface area contributed by atoms with E-state index >= 15 is 0 Å². The molecule has 0 bridgehead atoms. The molecule has 5 heteroatoms. The van der Waals surface area contributed by atoms with Gasteiger partial charge < -0.3 is 0 Å². The molecule has 1 heterocycles. The van der Waals surface area contributed by atoms with Crippen LogP contribution < -0.4 is 5.56 Å². The third-order valence-electron chi connectivity index (χ3n) is 3.06. The average Bonchev–Trinajstić information content (AvgIpc) is 2.46. The number of rotatable bonds is 1. The third-order valence-corrected chi connectivity index (χ3v) is 4.34. The van der Waals surface area contributed by atoms with Gasteiger partial charge in [0.05, 0.1) is 26.3 Å². The number of hydrogen-bond acceptors (Lipinski definition) is 1. The summed E-state index contributed by atoms with van der Waals surface area (Å²) in [5.41, 5.74) is 1.10. The Bertz CT molecular complexity index is 871. The SMILES string of the molecule is O=c1ccc2ccccc2n1-c1ccc(Cl)c(Cl)c1Cl. The summed E-state index contributed by atoms with van der Waals surface area (Å²) in [6, 6.07) is 14.1. The first-order valence-corrected chi connectivity index (χ1v) is 6.97. The second-order valence-electron chi connectivity index (χ2n) is 4.26. The molecule has 1 aromatic heterocycles. The van der Waals surface area contributed by atoms with Crippen LogP contribution in [0.25, 0.3) is 16.6 Å². The Balaban J connectivity index is 2.44. The fourth-order valence-electron chi connectivity index (χ4n) is 2.12. The van der Waals surface area contributed by atoms with Crippen molar-refractivity contribution in [2.24, 2.45) is 0 Å². The van der Waals surface area contributed by atoms with E-state index in [0.29, 0.717) is 10.7 Å². The zero-order valence-electron chi connectivity index (χ0n) is 10.1. The van der Waals surface area contributed by atoms with Crippen LogP contribution in [0.4, 0.5) is 0 Å². The average molecular weight is 325 g/mol. The van der Waals surface area contributed by atoms with Crippen LogP contribution >= 0.6 is 34.8 Å². The van der Waals surface area contributed by atoms with E-state index in [4.69, 9.17) is 34.8 Å². The normalized spacial score (nSPS) is 10.9. The molecule has 2 aromatic carbocycles. The van der Waals surface area contributed by atoms with Gasteiger partial charge in [-0.3, -0.25) is 9.36 Å². The van der Waals surface area contributed by atoms with Crippen molar-refractivity contribution < 1.29 is 0 Å². The predicted octanol–water partition coefficient (Wildman–Crippen LogP) is 4.95. The van der Waals surface area contributed by atoms with Crippen molar-refractivity contribution >= 4 is 45.7 Å². The van der Waals surface area contributed by atoms with E-state index in [9.17, 15) is 4.79 Å². The monoisotopic (exact) mass is 323 g/mol. The zero-order chi connectivity index (χ0) is 14.3. The number of nitrogens with zero attached hydrogens (tertiary/aromatic N) is 1. The minimum Gasteiger partial charge on any atom is -0.275 e. The predicted molar refractivity (Wildman–Crippen MR) is 84.6 cm³/mol. The lowest BCUT2D eigenvalue weighted by Gasteiger charge is -2.13. The first kappa shape index (κ1) is 13.5. The standard InChI is InChI=1S/C15H8Cl3NO/c16-10-6-7-12(15(18)14(10)17)19-11-4-2-1-3-9(11)5-8-13(19)20/h1-8H. The maximum Gasteiger partial charge on any atom is 0.255 e. The molecule has 0 saturated carbocycles. The van der Waals surface area contributed by atoms with Crippen molar-refractivity contribution in [2.45, 2.75) is 0 Å². The fraction of sp³-hybridized carbons (Fsp3) is 0. The molecule has 0 fully saturated rings. The first-order chi connectivity index (χ1) is 9.59. The van der Waals surface area contributed by atoms with Crippen LogP contribution in [0.1, 0.15) is 0 Å². The van der Waals surface area contributed by atoms with Crippen molar-refractivity contribution in [3.8, 4) is 5.69 Å².